The first kappa shape index (κ1) is 19.3. The van der Waals surface area contributed by atoms with E-state index in [2.05, 4.69) is 10.7 Å². The highest BCUT2D eigenvalue weighted by Gasteiger charge is 2.20. The Bertz CT molecular complexity index is 759. The third-order valence-electron chi connectivity index (χ3n) is 4.19. The monoisotopic (exact) mass is 354 g/mol. The number of primary amides is 1. The number of anilines is 1. The second-order valence-electron chi connectivity index (χ2n) is 6.24. The van der Waals surface area contributed by atoms with Crippen molar-refractivity contribution in [3.8, 4) is 0 Å². The zero-order chi connectivity index (χ0) is 19.1. The third kappa shape index (κ3) is 5.24. The Kier molecular flexibility index (Phi) is 6.60. The maximum Gasteiger partial charge on any atom is 0.312 e. The summed E-state index contributed by atoms with van der Waals surface area (Å²) in [6.45, 7) is 6.53. The van der Waals surface area contributed by atoms with E-state index in [1.807, 2.05) is 69.3 Å². The number of amides is 3. The quantitative estimate of drug-likeness (QED) is 0.668. The molecule has 0 heterocycles. The van der Waals surface area contributed by atoms with E-state index in [-0.39, 0.29) is 12.3 Å². The van der Waals surface area contributed by atoms with Gasteiger partial charge in [-0.3, -0.25) is 15.2 Å². The zero-order valence-corrected chi connectivity index (χ0v) is 15.5. The maximum atomic E-state index is 12.6. The van der Waals surface area contributed by atoms with Gasteiger partial charge in [0.15, 0.2) is 0 Å². The molecule has 0 radical (unpaired) electrons. The van der Waals surface area contributed by atoms with E-state index < -0.39 is 12.1 Å². The minimum Gasteiger partial charge on any atom is -0.352 e. The lowest BCUT2D eigenvalue weighted by atomic mass is 9.98. The highest BCUT2D eigenvalue weighted by Crippen LogP contribution is 2.21. The number of urea groups is 1. The predicted octanol–water partition coefficient (Wildman–Crippen LogP) is 2.96. The first-order valence-electron chi connectivity index (χ1n) is 8.66. The van der Waals surface area contributed by atoms with E-state index in [1.54, 1.807) is 5.01 Å². The fraction of sp³-hybridized carbons (Fsp3) is 0.300. The third-order valence-corrected chi connectivity index (χ3v) is 4.19. The number of nitrogens with zero attached hydrogens (tertiary/aromatic N) is 1. The number of nitrogens with two attached hydrogens (primary N) is 1. The van der Waals surface area contributed by atoms with Crippen LogP contribution < -0.4 is 21.5 Å². The van der Waals surface area contributed by atoms with Crippen LogP contribution in [0.15, 0.2) is 48.5 Å². The second-order valence-corrected chi connectivity index (χ2v) is 6.24. The SMILES string of the molecule is CCN(NC(=O)CC(NC(N)=O)c1ccccc1C)c1ccc(C)cc1. The van der Waals surface area contributed by atoms with Crippen molar-refractivity contribution in [2.45, 2.75) is 33.2 Å². The van der Waals surface area contributed by atoms with Crippen molar-refractivity contribution < 1.29 is 9.59 Å². The molecule has 0 aromatic heterocycles. The number of hydrazine groups is 1. The van der Waals surface area contributed by atoms with Crippen LogP contribution in [0, 0.1) is 13.8 Å². The summed E-state index contributed by atoms with van der Waals surface area (Å²) in [6.07, 6.45) is 0.0934. The number of carbonyl (C=O) groups excluding carboxylic acids is 2. The van der Waals surface area contributed by atoms with Crippen molar-refractivity contribution in [2.75, 3.05) is 11.6 Å². The van der Waals surface area contributed by atoms with Gasteiger partial charge in [-0.15, -0.1) is 0 Å². The van der Waals surface area contributed by atoms with Gasteiger partial charge in [-0.05, 0) is 44.0 Å². The number of aryl methyl sites for hydroxylation is 2. The Morgan fingerprint density at radius 3 is 2.31 bits per heavy atom. The van der Waals surface area contributed by atoms with Gasteiger partial charge in [0.2, 0.25) is 5.91 Å². The summed E-state index contributed by atoms with van der Waals surface area (Å²) in [6, 6.07) is 14.4. The van der Waals surface area contributed by atoms with Crippen LogP contribution in [0.25, 0.3) is 0 Å². The molecule has 0 saturated carbocycles. The number of hydrogen-bond acceptors (Lipinski definition) is 3. The lowest BCUT2D eigenvalue weighted by Gasteiger charge is -2.26. The Morgan fingerprint density at radius 1 is 1.08 bits per heavy atom. The average molecular weight is 354 g/mol. The van der Waals surface area contributed by atoms with Gasteiger partial charge in [0, 0.05) is 6.54 Å². The number of hydrogen-bond donors (Lipinski definition) is 3. The molecular weight excluding hydrogens is 328 g/mol. The Hall–Kier alpha value is -3.02. The largest absolute Gasteiger partial charge is 0.352 e. The standard InChI is InChI=1S/C20H26N4O2/c1-4-24(16-11-9-14(2)10-12-16)23-19(25)13-18(22-20(21)26)17-8-6-5-7-15(17)3/h5-12,18H,4,13H2,1-3H3,(H,23,25)(H3,21,22,26). The second kappa shape index (κ2) is 8.89. The van der Waals surface area contributed by atoms with Crippen LogP contribution in [-0.4, -0.2) is 18.5 Å². The van der Waals surface area contributed by atoms with Crippen molar-refractivity contribution in [3.05, 3.63) is 65.2 Å². The van der Waals surface area contributed by atoms with Crippen LogP contribution in [0.5, 0.6) is 0 Å². The molecule has 2 rings (SSSR count). The van der Waals surface area contributed by atoms with E-state index in [1.165, 1.54) is 0 Å². The van der Waals surface area contributed by atoms with Crippen molar-refractivity contribution in [1.29, 1.82) is 0 Å². The van der Waals surface area contributed by atoms with Crippen LogP contribution in [-0.2, 0) is 4.79 Å². The van der Waals surface area contributed by atoms with E-state index >= 15 is 0 Å². The molecule has 1 atom stereocenters. The molecule has 0 bridgehead atoms. The summed E-state index contributed by atoms with van der Waals surface area (Å²) < 4.78 is 0. The topological polar surface area (TPSA) is 87.5 Å². The molecule has 3 amide bonds. The molecule has 6 heteroatoms. The Labute approximate surface area is 154 Å². The first-order valence-corrected chi connectivity index (χ1v) is 8.66. The lowest BCUT2D eigenvalue weighted by molar-refractivity contribution is -0.121. The fourth-order valence-electron chi connectivity index (χ4n) is 2.82. The molecule has 0 aliphatic heterocycles. The number of rotatable bonds is 7. The van der Waals surface area contributed by atoms with E-state index in [9.17, 15) is 9.59 Å². The fourth-order valence-corrected chi connectivity index (χ4v) is 2.82. The van der Waals surface area contributed by atoms with Crippen molar-refractivity contribution >= 4 is 17.6 Å². The van der Waals surface area contributed by atoms with Gasteiger partial charge in [-0.2, -0.15) is 0 Å². The molecule has 2 aromatic rings. The molecule has 0 aliphatic rings. The summed E-state index contributed by atoms with van der Waals surface area (Å²) in [5, 5.41) is 4.44. The molecule has 26 heavy (non-hydrogen) atoms. The highest BCUT2D eigenvalue weighted by atomic mass is 16.2. The predicted molar refractivity (Wildman–Crippen MR) is 104 cm³/mol. The van der Waals surface area contributed by atoms with Crippen LogP contribution >= 0.6 is 0 Å². The molecule has 1 unspecified atom stereocenters. The summed E-state index contributed by atoms with van der Waals surface area (Å²) in [5.41, 5.74) is 12.1. The zero-order valence-electron chi connectivity index (χ0n) is 15.5. The summed E-state index contributed by atoms with van der Waals surface area (Å²) in [5.74, 6) is -0.200. The first-order chi connectivity index (χ1) is 12.4. The molecule has 0 spiro atoms. The average Bonchev–Trinajstić information content (AvgIpc) is 2.60. The van der Waals surface area contributed by atoms with Gasteiger partial charge in [0.1, 0.15) is 0 Å². The number of nitrogens with one attached hydrogen (secondary N) is 2. The number of benzene rings is 2. The van der Waals surface area contributed by atoms with Gasteiger partial charge < -0.3 is 11.1 Å². The maximum absolute atomic E-state index is 12.6. The Balaban J connectivity index is 2.12. The molecule has 0 aliphatic carbocycles. The lowest BCUT2D eigenvalue weighted by Crippen LogP contribution is -2.44. The molecule has 138 valence electrons. The molecule has 2 aromatic carbocycles. The summed E-state index contributed by atoms with van der Waals surface area (Å²) in [4.78, 5) is 24.0. The molecular formula is C20H26N4O2. The Morgan fingerprint density at radius 2 is 1.73 bits per heavy atom. The van der Waals surface area contributed by atoms with Crippen LogP contribution in [0.1, 0.15) is 36.1 Å². The van der Waals surface area contributed by atoms with Crippen LogP contribution in [0.2, 0.25) is 0 Å². The van der Waals surface area contributed by atoms with E-state index in [0.717, 1.165) is 22.4 Å². The van der Waals surface area contributed by atoms with E-state index in [4.69, 9.17) is 5.73 Å². The molecule has 6 nitrogen and oxygen atoms in total. The van der Waals surface area contributed by atoms with Gasteiger partial charge in [-0.25, -0.2) is 4.79 Å². The van der Waals surface area contributed by atoms with Crippen LogP contribution in [0.4, 0.5) is 10.5 Å². The van der Waals surface area contributed by atoms with Gasteiger partial charge in [-0.1, -0.05) is 42.0 Å². The smallest absolute Gasteiger partial charge is 0.312 e. The van der Waals surface area contributed by atoms with Crippen molar-refractivity contribution in [2.24, 2.45) is 5.73 Å². The summed E-state index contributed by atoms with van der Waals surface area (Å²) in [7, 11) is 0. The minimum absolute atomic E-state index is 0.0934. The van der Waals surface area contributed by atoms with Gasteiger partial charge in [0.25, 0.3) is 0 Å². The van der Waals surface area contributed by atoms with Crippen LogP contribution in [0.3, 0.4) is 0 Å². The normalized spacial score (nSPS) is 11.5. The van der Waals surface area contributed by atoms with Gasteiger partial charge in [0.05, 0.1) is 18.2 Å². The molecule has 0 fully saturated rings. The number of carbonyl (C=O) groups is 2. The van der Waals surface area contributed by atoms with Crippen molar-refractivity contribution in [1.82, 2.24) is 10.7 Å². The highest BCUT2D eigenvalue weighted by molar-refractivity contribution is 5.80. The van der Waals surface area contributed by atoms with E-state index in [0.29, 0.717) is 6.54 Å². The molecule has 0 saturated heterocycles. The summed E-state index contributed by atoms with van der Waals surface area (Å²) >= 11 is 0. The minimum atomic E-state index is -0.656. The van der Waals surface area contributed by atoms with Gasteiger partial charge >= 0.3 is 6.03 Å². The molecule has 4 N–H and O–H groups in total. The van der Waals surface area contributed by atoms with Crippen molar-refractivity contribution in [3.63, 3.8) is 0 Å².